The number of rotatable bonds is 3. The zero-order valence-electron chi connectivity index (χ0n) is 25.2. The Morgan fingerprint density at radius 2 is 0.814 bits per heavy atom. The molecule has 0 unspecified atom stereocenters. The molecule has 0 heterocycles. The maximum Gasteiger partial charge on any atom is 0.0720 e. The van der Waals surface area contributed by atoms with E-state index in [2.05, 4.69) is 172 Å². The predicted molar refractivity (Wildman–Crippen MR) is 180 cm³/mol. The van der Waals surface area contributed by atoms with E-state index in [1.165, 1.54) is 61.3 Å². The highest BCUT2D eigenvalue weighted by atomic mass is 15.1. The molecular weight excluding hydrogens is 518 g/mol. The van der Waals surface area contributed by atoms with Gasteiger partial charge < -0.3 is 4.90 Å². The van der Waals surface area contributed by atoms with Gasteiger partial charge in [0.05, 0.1) is 5.41 Å². The van der Waals surface area contributed by atoms with Gasteiger partial charge in [-0.1, -0.05) is 128 Å². The molecular formula is C42H35N. The SMILES string of the molecule is Cc1ccc(N(c2ccc(C)cc2)c2ccc3c(c2)C2(c4ccccc4-3)c3ccccc3C(C)(C)c3ccccc32)cc1. The van der Waals surface area contributed by atoms with Crippen molar-refractivity contribution >= 4 is 17.1 Å². The number of fused-ring (bicyclic) bond motifs is 9. The van der Waals surface area contributed by atoms with Crippen LogP contribution in [0, 0.1) is 13.8 Å². The monoisotopic (exact) mass is 553 g/mol. The van der Waals surface area contributed by atoms with Crippen molar-refractivity contribution in [1.82, 2.24) is 0 Å². The van der Waals surface area contributed by atoms with E-state index in [0.29, 0.717) is 0 Å². The molecule has 6 aromatic rings. The second-order valence-corrected chi connectivity index (χ2v) is 12.7. The van der Waals surface area contributed by atoms with Crippen molar-refractivity contribution in [2.24, 2.45) is 0 Å². The highest BCUT2D eigenvalue weighted by Gasteiger charge is 2.53. The van der Waals surface area contributed by atoms with E-state index in [1.54, 1.807) is 0 Å². The molecule has 0 N–H and O–H groups in total. The minimum absolute atomic E-state index is 0.108. The maximum atomic E-state index is 2.47. The summed E-state index contributed by atoms with van der Waals surface area (Å²) in [6.45, 7) is 9.06. The van der Waals surface area contributed by atoms with Gasteiger partial charge in [-0.3, -0.25) is 0 Å². The first-order valence-corrected chi connectivity index (χ1v) is 15.3. The van der Waals surface area contributed by atoms with Gasteiger partial charge in [-0.05, 0) is 94.8 Å². The molecule has 6 aromatic carbocycles. The molecule has 2 aliphatic carbocycles. The molecule has 1 nitrogen and oxygen atoms in total. The van der Waals surface area contributed by atoms with Crippen LogP contribution in [0.1, 0.15) is 58.4 Å². The van der Waals surface area contributed by atoms with Crippen molar-refractivity contribution in [3.8, 4) is 11.1 Å². The summed E-state index contributed by atoms with van der Waals surface area (Å²) in [5, 5.41) is 0. The molecule has 0 atom stereocenters. The lowest BCUT2D eigenvalue weighted by molar-refractivity contribution is 0.563. The summed E-state index contributed by atoms with van der Waals surface area (Å²) < 4.78 is 0. The summed E-state index contributed by atoms with van der Waals surface area (Å²) >= 11 is 0. The van der Waals surface area contributed by atoms with E-state index >= 15 is 0 Å². The number of nitrogens with zero attached hydrogens (tertiary/aromatic N) is 1. The molecule has 0 saturated heterocycles. The topological polar surface area (TPSA) is 3.24 Å². The van der Waals surface area contributed by atoms with Crippen LogP contribution in [0.4, 0.5) is 17.1 Å². The van der Waals surface area contributed by atoms with E-state index in [1.807, 2.05) is 0 Å². The summed E-state index contributed by atoms with van der Waals surface area (Å²) in [4.78, 5) is 2.40. The Morgan fingerprint density at radius 3 is 1.35 bits per heavy atom. The summed E-state index contributed by atoms with van der Waals surface area (Å²) in [5.74, 6) is 0. The Labute approximate surface area is 255 Å². The van der Waals surface area contributed by atoms with Crippen LogP contribution in [0.25, 0.3) is 11.1 Å². The van der Waals surface area contributed by atoms with Gasteiger partial charge in [-0.2, -0.15) is 0 Å². The number of anilines is 3. The molecule has 0 aromatic heterocycles. The third kappa shape index (κ3) is 3.58. The largest absolute Gasteiger partial charge is 0.310 e. The lowest BCUT2D eigenvalue weighted by atomic mass is 9.55. The quantitative estimate of drug-likeness (QED) is 0.210. The fourth-order valence-electron chi connectivity index (χ4n) is 7.82. The van der Waals surface area contributed by atoms with E-state index in [0.717, 1.165) is 11.4 Å². The van der Waals surface area contributed by atoms with Gasteiger partial charge in [0.15, 0.2) is 0 Å². The molecule has 0 radical (unpaired) electrons. The fourth-order valence-corrected chi connectivity index (χ4v) is 7.82. The van der Waals surface area contributed by atoms with Gasteiger partial charge in [0.25, 0.3) is 0 Å². The first-order chi connectivity index (χ1) is 20.9. The van der Waals surface area contributed by atoms with Crippen LogP contribution >= 0.6 is 0 Å². The Morgan fingerprint density at radius 1 is 0.395 bits per heavy atom. The molecule has 43 heavy (non-hydrogen) atoms. The van der Waals surface area contributed by atoms with E-state index < -0.39 is 5.41 Å². The zero-order chi connectivity index (χ0) is 29.3. The predicted octanol–water partition coefficient (Wildman–Crippen LogP) is 10.8. The van der Waals surface area contributed by atoms with Crippen molar-refractivity contribution in [2.45, 2.75) is 38.5 Å². The van der Waals surface area contributed by atoms with Crippen LogP contribution in [0.15, 0.2) is 140 Å². The zero-order valence-corrected chi connectivity index (χ0v) is 25.2. The number of aryl methyl sites for hydroxylation is 2. The van der Waals surface area contributed by atoms with Gasteiger partial charge in [0, 0.05) is 22.5 Å². The lowest BCUT2D eigenvalue weighted by Gasteiger charge is -2.46. The minimum Gasteiger partial charge on any atom is -0.310 e. The van der Waals surface area contributed by atoms with Crippen molar-refractivity contribution in [1.29, 1.82) is 0 Å². The lowest BCUT2D eigenvalue weighted by Crippen LogP contribution is -2.40. The molecule has 2 aliphatic rings. The molecule has 0 aliphatic heterocycles. The Hall–Kier alpha value is -4.88. The average molecular weight is 554 g/mol. The van der Waals surface area contributed by atoms with Gasteiger partial charge in [-0.15, -0.1) is 0 Å². The molecule has 1 heteroatoms. The standard InChI is InChI=1S/C42H35N/c1-28-17-21-30(22-18-28)43(31-23-19-29(2)20-24-31)32-25-26-34-33-11-5-6-12-35(33)42(40(34)27-32)38-15-9-7-13-36(38)41(3,4)37-14-8-10-16-39(37)42/h5-27H,1-4H3. The Kier molecular flexibility index (Phi) is 5.59. The molecule has 0 amide bonds. The second-order valence-electron chi connectivity index (χ2n) is 12.7. The van der Waals surface area contributed by atoms with Crippen LogP contribution in [0.5, 0.6) is 0 Å². The van der Waals surface area contributed by atoms with E-state index in [-0.39, 0.29) is 5.41 Å². The normalized spacial score (nSPS) is 14.9. The summed E-state index contributed by atoms with van der Waals surface area (Å²) in [6.07, 6.45) is 0. The van der Waals surface area contributed by atoms with Crippen LogP contribution in [-0.4, -0.2) is 0 Å². The molecule has 208 valence electrons. The van der Waals surface area contributed by atoms with Crippen molar-refractivity contribution in [2.75, 3.05) is 4.90 Å². The van der Waals surface area contributed by atoms with Crippen LogP contribution in [0.3, 0.4) is 0 Å². The number of hydrogen-bond acceptors (Lipinski definition) is 1. The van der Waals surface area contributed by atoms with Gasteiger partial charge in [0.2, 0.25) is 0 Å². The fraction of sp³-hybridized carbons (Fsp3) is 0.143. The Balaban J connectivity index is 1.46. The smallest absolute Gasteiger partial charge is 0.0720 e. The number of hydrogen-bond donors (Lipinski definition) is 0. The van der Waals surface area contributed by atoms with E-state index in [4.69, 9.17) is 0 Å². The third-order valence-electron chi connectivity index (χ3n) is 9.88. The molecule has 1 spiro atoms. The first-order valence-electron chi connectivity index (χ1n) is 15.3. The molecule has 0 fully saturated rings. The maximum absolute atomic E-state index is 2.47. The van der Waals surface area contributed by atoms with E-state index in [9.17, 15) is 0 Å². The summed E-state index contributed by atoms with van der Waals surface area (Å²) in [5.41, 5.74) is 16.4. The highest BCUT2D eigenvalue weighted by molar-refractivity contribution is 5.91. The third-order valence-corrected chi connectivity index (χ3v) is 9.88. The van der Waals surface area contributed by atoms with Crippen LogP contribution in [0.2, 0.25) is 0 Å². The van der Waals surface area contributed by atoms with Crippen LogP contribution in [-0.2, 0) is 10.8 Å². The van der Waals surface area contributed by atoms with Crippen molar-refractivity contribution < 1.29 is 0 Å². The summed E-state index contributed by atoms with van der Waals surface area (Å²) in [6, 6.07) is 52.3. The van der Waals surface area contributed by atoms with Crippen molar-refractivity contribution in [3.63, 3.8) is 0 Å². The Bertz CT molecular complexity index is 1920. The summed E-state index contributed by atoms with van der Waals surface area (Å²) in [7, 11) is 0. The molecule has 0 saturated carbocycles. The highest BCUT2D eigenvalue weighted by Crippen LogP contribution is 2.62. The average Bonchev–Trinajstić information content (AvgIpc) is 3.33. The molecule has 8 rings (SSSR count). The molecule has 0 bridgehead atoms. The minimum atomic E-state index is -0.406. The van der Waals surface area contributed by atoms with Crippen molar-refractivity contribution in [3.05, 3.63) is 184 Å². The van der Waals surface area contributed by atoms with Crippen LogP contribution < -0.4 is 4.90 Å². The van der Waals surface area contributed by atoms with Gasteiger partial charge in [0.1, 0.15) is 0 Å². The number of benzene rings is 6. The first kappa shape index (κ1) is 25.8. The van der Waals surface area contributed by atoms with Gasteiger partial charge >= 0.3 is 0 Å². The van der Waals surface area contributed by atoms with Gasteiger partial charge in [-0.25, -0.2) is 0 Å². The second kappa shape index (κ2) is 9.31.